The molecule has 0 bridgehead atoms. The van der Waals surface area contributed by atoms with Crippen molar-refractivity contribution >= 4 is 15.7 Å². The second-order valence-electron chi connectivity index (χ2n) is 4.66. The summed E-state index contributed by atoms with van der Waals surface area (Å²) in [5.41, 5.74) is 0. The van der Waals surface area contributed by atoms with E-state index in [1.54, 1.807) is 0 Å². The van der Waals surface area contributed by atoms with Crippen molar-refractivity contribution in [3.05, 3.63) is 0 Å². The summed E-state index contributed by atoms with van der Waals surface area (Å²) in [6, 6.07) is 0. The van der Waals surface area contributed by atoms with Gasteiger partial charge in [0.1, 0.15) is 4.75 Å². The highest BCUT2D eigenvalue weighted by molar-refractivity contribution is 7.92. The molecule has 0 saturated carbocycles. The second kappa shape index (κ2) is 5.63. The summed E-state index contributed by atoms with van der Waals surface area (Å²) >= 11 is 0. The normalized spacial score (nSPS) is 14.6. The highest BCUT2D eigenvalue weighted by atomic mass is 32.2. The number of sulfone groups is 1. The van der Waals surface area contributed by atoms with Gasteiger partial charge in [-0.2, -0.15) is 0 Å². The Morgan fingerprint density at radius 2 is 1.81 bits per heavy atom. The van der Waals surface area contributed by atoms with E-state index in [1.165, 1.54) is 13.8 Å². The van der Waals surface area contributed by atoms with E-state index >= 15 is 0 Å². The number of carbonyl (C=O) groups is 1. The van der Waals surface area contributed by atoms with Crippen LogP contribution in [0.5, 0.6) is 0 Å². The SMILES string of the molecule is CNCC(C)CNC(=O)C(C)(C)S(C)(=O)=O. The Labute approximate surface area is 97.9 Å². The van der Waals surface area contributed by atoms with Crippen LogP contribution in [0.25, 0.3) is 0 Å². The zero-order valence-electron chi connectivity index (χ0n) is 10.6. The molecule has 6 heteroatoms. The van der Waals surface area contributed by atoms with Gasteiger partial charge in [0.05, 0.1) is 0 Å². The van der Waals surface area contributed by atoms with Crippen molar-refractivity contribution in [2.24, 2.45) is 5.92 Å². The fraction of sp³-hybridized carbons (Fsp3) is 0.900. The number of amides is 1. The third kappa shape index (κ3) is 4.09. The molecule has 0 aliphatic carbocycles. The molecule has 1 unspecified atom stereocenters. The predicted octanol–water partition coefficient (Wildman–Crippen LogP) is -0.219. The summed E-state index contributed by atoms with van der Waals surface area (Å²) in [6.45, 7) is 6.06. The summed E-state index contributed by atoms with van der Waals surface area (Å²) in [7, 11) is -1.56. The Balaban J connectivity index is 4.38. The van der Waals surface area contributed by atoms with Crippen LogP contribution in [0.2, 0.25) is 0 Å². The first-order valence-electron chi connectivity index (χ1n) is 5.25. The van der Waals surface area contributed by atoms with Gasteiger partial charge in [-0.1, -0.05) is 6.92 Å². The van der Waals surface area contributed by atoms with Gasteiger partial charge in [-0.15, -0.1) is 0 Å². The lowest BCUT2D eigenvalue weighted by Gasteiger charge is -2.22. The molecule has 0 fully saturated rings. The molecule has 1 amide bonds. The Morgan fingerprint density at radius 1 is 1.31 bits per heavy atom. The van der Waals surface area contributed by atoms with Crippen LogP contribution in [0.15, 0.2) is 0 Å². The Bertz CT molecular complexity index is 336. The van der Waals surface area contributed by atoms with Crippen LogP contribution in [-0.4, -0.2) is 45.5 Å². The van der Waals surface area contributed by atoms with E-state index in [0.717, 1.165) is 12.8 Å². The van der Waals surface area contributed by atoms with E-state index < -0.39 is 20.5 Å². The van der Waals surface area contributed by atoms with Crippen LogP contribution in [0.4, 0.5) is 0 Å². The van der Waals surface area contributed by atoms with Gasteiger partial charge < -0.3 is 10.6 Å². The van der Waals surface area contributed by atoms with E-state index in [9.17, 15) is 13.2 Å². The summed E-state index contributed by atoms with van der Waals surface area (Å²) in [6.07, 6.45) is 1.07. The minimum atomic E-state index is -3.39. The summed E-state index contributed by atoms with van der Waals surface area (Å²) in [5, 5.41) is 5.65. The van der Waals surface area contributed by atoms with Gasteiger partial charge in [0.25, 0.3) is 0 Å². The van der Waals surface area contributed by atoms with Crippen LogP contribution in [0, 0.1) is 5.92 Å². The number of carbonyl (C=O) groups excluding carboxylic acids is 1. The lowest BCUT2D eigenvalue weighted by molar-refractivity contribution is -0.123. The molecule has 16 heavy (non-hydrogen) atoms. The van der Waals surface area contributed by atoms with Crippen molar-refractivity contribution < 1.29 is 13.2 Å². The lowest BCUT2D eigenvalue weighted by atomic mass is 10.1. The molecule has 0 saturated heterocycles. The molecular weight excluding hydrogens is 228 g/mol. The maximum Gasteiger partial charge on any atom is 0.240 e. The van der Waals surface area contributed by atoms with Crippen molar-refractivity contribution in [2.45, 2.75) is 25.5 Å². The fourth-order valence-corrected chi connectivity index (χ4v) is 1.48. The summed E-state index contributed by atoms with van der Waals surface area (Å²) in [5.74, 6) is -0.178. The monoisotopic (exact) mass is 250 g/mol. The third-order valence-electron chi connectivity index (χ3n) is 2.64. The predicted molar refractivity (Wildman–Crippen MR) is 65.0 cm³/mol. The minimum Gasteiger partial charge on any atom is -0.354 e. The zero-order valence-corrected chi connectivity index (χ0v) is 11.4. The molecular formula is C10H22N2O3S. The molecule has 0 aromatic carbocycles. The van der Waals surface area contributed by atoms with E-state index in [2.05, 4.69) is 10.6 Å². The van der Waals surface area contributed by atoms with E-state index in [4.69, 9.17) is 0 Å². The molecule has 0 radical (unpaired) electrons. The maximum atomic E-state index is 11.7. The highest BCUT2D eigenvalue weighted by Crippen LogP contribution is 2.14. The summed E-state index contributed by atoms with van der Waals surface area (Å²) in [4.78, 5) is 11.7. The lowest BCUT2D eigenvalue weighted by Crippen LogP contribution is -2.49. The Hall–Kier alpha value is -0.620. The van der Waals surface area contributed by atoms with Gasteiger partial charge in [0, 0.05) is 12.8 Å². The average molecular weight is 250 g/mol. The number of hydrogen-bond acceptors (Lipinski definition) is 4. The third-order valence-corrected chi connectivity index (χ3v) is 4.68. The maximum absolute atomic E-state index is 11.7. The first-order chi connectivity index (χ1) is 7.13. The van der Waals surface area contributed by atoms with Crippen LogP contribution in [0.1, 0.15) is 20.8 Å². The standard InChI is InChI=1S/C10H22N2O3S/c1-8(6-11-4)7-12-9(13)10(2,3)16(5,14)15/h8,11H,6-7H2,1-5H3,(H,12,13). The molecule has 0 aliphatic rings. The largest absolute Gasteiger partial charge is 0.354 e. The van der Waals surface area contributed by atoms with Crippen molar-refractivity contribution in [3.63, 3.8) is 0 Å². The smallest absolute Gasteiger partial charge is 0.240 e. The fourth-order valence-electron chi connectivity index (χ4n) is 1.07. The van der Waals surface area contributed by atoms with Crippen LogP contribution in [0.3, 0.4) is 0 Å². The molecule has 0 rings (SSSR count). The van der Waals surface area contributed by atoms with Gasteiger partial charge in [-0.05, 0) is 33.4 Å². The molecule has 0 aromatic heterocycles. The first kappa shape index (κ1) is 15.4. The van der Waals surface area contributed by atoms with Gasteiger partial charge in [-0.25, -0.2) is 8.42 Å². The minimum absolute atomic E-state index is 0.268. The quantitative estimate of drug-likeness (QED) is 0.683. The molecule has 96 valence electrons. The average Bonchev–Trinajstić information content (AvgIpc) is 2.12. The molecule has 0 aliphatic heterocycles. The van der Waals surface area contributed by atoms with Gasteiger partial charge >= 0.3 is 0 Å². The van der Waals surface area contributed by atoms with Crippen LogP contribution < -0.4 is 10.6 Å². The first-order valence-corrected chi connectivity index (χ1v) is 7.14. The Kier molecular flexibility index (Phi) is 5.41. The number of nitrogens with one attached hydrogen (secondary N) is 2. The van der Waals surface area contributed by atoms with Gasteiger partial charge in [-0.3, -0.25) is 4.79 Å². The van der Waals surface area contributed by atoms with Gasteiger partial charge in [0.2, 0.25) is 5.91 Å². The van der Waals surface area contributed by atoms with E-state index in [1.807, 2.05) is 14.0 Å². The highest BCUT2D eigenvalue weighted by Gasteiger charge is 2.38. The van der Waals surface area contributed by atoms with Crippen molar-refractivity contribution in [1.29, 1.82) is 0 Å². The molecule has 2 N–H and O–H groups in total. The van der Waals surface area contributed by atoms with E-state index in [0.29, 0.717) is 6.54 Å². The Morgan fingerprint density at radius 3 is 2.19 bits per heavy atom. The summed E-state index contributed by atoms with van der Waals surface area (Å²) < 4.78 is 21.4. The molecule has 0 heterocycles. The molecule has 1 atom stereocenters. The van der Waals surface area contributed by atoms with Crippen LogP contribution in [-0.2, 0) is 14.6 Å². The second-order valence-corrected chi connectivity index (χ2v) is 7.22. The van der Waals surface area contributed by atoms with Gasteiger partial charge in [0.15, 0.2) is 9.84 Å². The molecule has 0 spiro atoms. The zero-order chi connectivity index (χ0) is 13.0. The molecule has 0 aromatic rings. The number of rotatable bonds is 6. The topological polar surface area (TPSA) is 75.3 Å². The van der Waals surface area contributed by atoms with Crippen molar-refractivity contribution in [3.8, 4) is 0 Å². The van der Waals surface area contributed by atoms with Crippen LogP contribution >= 0.6 is 0 Å². The number of hydrogen-bond donors (Lipinski definition) is 2. The molecule has 5 nitrogen and oxygen atoms in total. The van der Waals surface area contributed by atoms with Crippen molar-refractivity contribution in [1.82, 2.24) is 10.6 Å². The van der Waals surface area contributed by atoms with E-state index in [-0.39, 0.29) is 5.92 Å². The van der Waals surface area contributed by atoms with Crippen molar-refractivity contribution in [2.75, 3.05) is 26.4 Å².